The number of aromatic amines is 1. The van der Waals surface area contributed by atoms with Gasteiger partial charge in [-0.25, -0.2) is 4.98 Å². The van der Waals surface area contributed by atoms with E-state index in [1.54, 1.807) is 11.3 Å². The van der Waals surface area contributed by atoms with Crippen molar-refractivity contribution >= 4 is 21.6 Å². The third-order valence-electron chi connectivity index (χ3n) is 2.71. The molecule has 104 valence electrons. The van der Waals surface area contributed by atoms with Crippen LogP contribution in [0, 0.1) is 13.8 Å². The van der Waals surface area contributed by atoms with Crippen LogP contribution in [0.5, 0.6) is 0 Å². The molecule has 5 nitrogen and oxygen atoms in total. The lowest BCUT2D eigenvalue weighted by atomic mass is 10.2. The van der Waals surface area contributed by atoms with E-state index in [0.717, 1.165) is 15.3 Å². The molecule has 0 aliphatic carbocycles. The van der Waals surface area contributed by atoms with Crippen LogP contribution >= 0.6 is 11.3 Å². The summed E-state index contributed by atoms with van der Waals surface area (Å²) in [5, 5.41) is 0.697. The van der Waals surface area contributed by atoms with Crippen molar-refractivity contribution in [1.29, 1.82) is 0 Å². The second-order valence-corrected chi connectivity index (χ2v) is 6.71. The van der Waals surface area contributed by atoms with Crippen LogP contribution in [0.25, 0.3) is 10.2 Å². The van der Waals surface area contributed by atoms with Gasteiger partial charge in [0.05, 0.1) is 17.5 Å². The highest BCUT2D eigenvalue weighted by Crippen LogP contribution is 2.25. The van der Waals surface area contributed by atoms with Gasteiger partial charge in [0.25, 0.3) is 5.56 Å². The maximum absolute atomic E-state index is 12.0. The molecule has 0 aliphatic rings. The van der Waals surface area contributed by atoms with Crippen LogP contribution in [0.3, 0.4) is 0 Å². The highest BCUT2D eigenvalue weighted by atomic mass is 32.1. The number of hydrogen-bond acceptors (Lipinski definition) is 5. The van der Waals surface area contributed by atoms with E-state index in [9.17, 15) is 4.79 Å². The zero-order chi connectivity index (χ0) is 14.2. The van der Waals surface area contributed by atoms with E-state index in [1.807, 2.05) is 34.6 Å². The van der Waals surface area contributed by atoms with Crippen LogP contribution < -0.4 is 11.0 Å². The third-order valence-corrected chi connectivity index (χ3v) is 3.81. The molecular formula is C13H19N3O2S. The summed E-state index contributed by atoms with van der Waals surface area (Å²) >= 11 is 1.55. The predicted molar refractivity (Wildman–Crippen MR) is 77.4 cm³/mol. The molecule has 2 aromatic rings. The largest absolute Gasteiger partial charge is 0.309 e. The Morgan fingerprint density at radius 1 is 1.37 bits per heavy atom. The number of thiophene rings is 1. The highest BCUT2D eigenvalue weighted by molar-refractivity contribution is 7.18. The first-order chi connectivity index (χ1) is 8.78. The minimum absolute atomic E-state index is 0.0839. The van der Waals surface area contributed by atoms with Crippen molar-refractivity contribution in [2.75, 3.05) is 0 Å². The molecule has 0 fully saturated rings. The summed E-state index contributed by atoms with van der Waals surface area (Å²) in [6.07, 6.45) is 0. The first kappa shape index (κ1) is 14.2. The summed E-state index contributed by atoms with van der Waals surface area (Å²) in [4.78, 5) is 26.6. The minimum atomic E-state index is -0.277. The summed E-state index contributed by atoms with van der Waals surface area (Å²) in [5.41, 5.74) is 3.48. The van der Waals surface area contributed by atoms with E-state index in [0.29, 0.717) is 17.8 Å². The van der Waals surface area contributed by atoms with Gasteiger partial charge in [0.1, 0.15) is 10.7 Å². The Hall–Kier alpha value is -1.24. The van der Waals surface area contributed by atoms with Crippen molar-refractivity contribution in [3.8, 4) is 0 Å². The second-order valence-electron chi connectivity index (χ2n) is 5.51. The molecule has 0 saturated carbocycles. The van der Waals surface area contributed by atoms with Crippen LogP contribution in [-0.4, -0.2) is 15.6 Å². The Bertz CT molecular complexity index is 652. The molecule has 2 N–H and O–H groups in total. The summed E-state index contributed by atoms with van der Waals surface area (Å²) in [7, 11) is 0. The van der Waals surface area contributed by atoms with Crippen molar-refractivity contribution < 1.29 is 4.84 Å². The number of nitrogens with zero attached hydrogens (tertiary/aromatic N) is 1. The molecule has 0 bridgehead atoms. The molecule has 2 aromatic heterocycles. The topological polar surface area (TPSA) is 67.0 Å². The average Bonchev–Trinajstić information content (AvgIpc) is 2.53. The molecule has 0 amide bonds. The minimum Gasteiger partial charge on any atom is -0.309 e. The van der Waals surface area contributed by atoms with Crippen LogP contribution in [0.15, 0.2) is 4.79 Å². The fraction of sp³-hybridized carbons (Fsp3) is 0.538. The average molecular weight is 281 g/mol. The quantitative estimate of drug-likeness (QED) is 0.848. The lowest BCUT2D eigenvalue weighted by Gasteiger charge is -2.18. The second kappa shape index (κ2) is 5.03. The molecule has 2 heterocycles. The van der Waals surface area contributed by atoms with Gasteiger partial charge >= 0.3 is 0 Å². The van der Waals surface area contributed by atoms with Gasteiger partial charge in [-0.15, -0.1) is 11.3 Å². The molecule has 2 rings (SSSR count). The number of aryl methyl sites for hydroxylation is 2. The van der Waals surface area contributed by atoms with E-state index in [1.165, 1.54) is 0 Å². The number of hydrogen-bond donors (Lipinski definition) is 2. The Labute approximate surface area is 116 Å². The lowest BCUT2D eigenvalue weighted by Crippen LogP contribution is -2.29. The normalized spacial score (nSPS) is 12.3. The van der Waals surface area contributed by atoms with Gasteiger partial charge in [0.15, 0.2) is 0 Å². The van der Waals surface area contributed by atoms with Gasteiger partial charge in [-0.2, -0.15) is 5.48 Å². The molecule has 19 heavy (non-hydrogen) atoms. The molecule has 0 aliphatic heterocycles. The Kier molecular flexibility index (Phi) is 3.75. The van der Waals surface area contributed by atoms with Gasteiger partial charge < -0.3 is 4.98 Å². The molecule has 0 aromatic carbocycles. The Morgan fingerprint density at radius 3 is 2.68 bits per heavy atom. The number of rotatable bonds is 3. The third kappa shape index (κ3) is 3.20. The predicted octanol–water partition coefficient (Wildman–Crippen LogP) is 2.42. The first-order valence-corrected chi connectivity index (χ1v) is 6.99. The monoisotopic (exact) mass is 281 g/mol. The van der Waals surface area contributed by atoms with Crippen LogP contribution in [0.4, 0.5) is 0 Å². The van der Waals surface area contributed by atoms with Crippen molar-refractivity contribution in [1.82, 2.24) is 15.4 Å². The number of fused-ring (bicyclic) bond motifs is 1. The van der Waals surface area contributed by atoms with Crippen LogP contribution in [0.2, 0.25) is 0 Å². The maximum atomic E-state index is 12.0. The van der Waals surface area contributed by atoms with E-state index in [2.05, 4.69) is 15.4 Å². The van der Waals surface area contributed by atoms with Crippen LogP contribution in [-0.2, 0) is 11.4 Å². The van der Waals surface area contributed by atoms with E-state index < -0.39 is 0 Å². The van der Waals surface area contributed by atoms with Crippen molar-refractivity contribution in [3.63, 3.8) is 0 Å². The van der Waals surface area contributed by atoms with Gasteiger partial charge in [0.2, 0.25) is 0 Å². The van der Waals surface area contributed by atoms with Gasteiger partial charge in [0, 0.05) is 4.88 Å². The van der Waals surface area contributed by atoms with Crippen molar-refractivity contribution in [3.05, 3.63) is 26.6 Å². The summed E-state index contributed by atoms with van der Waals surface area (Å²) in [6, 6.07) is 0. The van der Waals surface area contributed by atoms with Crippen molar-refractivity contribution in [2.45, 2.75) is 46.8 Å². The number of hydroxylamine groups is 1. The van der Waals surface area contributed by atoms with E-state index in [4.69, 9.17) is 4.84 Å². The SMILES string of the molecule is Cc1sc2nc(CNOC(C)(C)C)[nH]c(=O)c2c1C. The zero-order valence-electron chi connectivity index (χ0n) is 11.9. The molecule has 6 heteroatoms. The Balaban J connectivity index is 2.24. The van der Waals surface area contributed by atoms with Gasteiger partial charge in [-0.05, 0) is 40.2 Å². The molecule has 0 unspecified atom stereocenters. The Morgan fingerprint density at radius 2 is 2.05 bits per heavy atom. The fourth-order valence-corrected chi connectivity index (χ4v) is 2.75. The highest BCUT2D eigenvalue weighted by Gasteiger charge is 2.13. The van der Waals surface area contributed by atoms with E-state index >= 15 is 0 Å². The molecule has 0 spiro atoms. The number of nitrogens with one attached hydrogen (secondary N) is 2. The number of aromatic nitrogens is 2. The molecule has 0 atom stereocenters. The standard InChI is InChI=1S/C13H19N3O2S/c1-7-8(2)19-12-10(7)11(17)15-9(16-12)6-14-18-13(3,4)5/h14H,6H2,1-5H3,(H,15,16,17). The zero-order valence-corrected chi connectivity index (χ0v) is 12.7. The molecule has 0 radical (unpaired) electrons. The summed E-state index contributed by atoms with van der Waals surface area (Å²) in [5.74, 6) is 0.586. The van der Waals surface area contributed by atoms with Crippen LogP contribution in [0.1, 0.15) is 37.0 Å². The summed E-state index contributed by atoms with van der Waals surface area (Å²) in [6.45, 7) is 10.2. The molecular weight excluding hydrogens is 262 g/mol. The van der Waals surface area contributed by atoms with Crippen molar-refractivity contribution in [2.24, 2.45) is 0 Å². The molecule has 0 saturated heterocycles. The first-order valence-electron chi connectivity index (χ1n) is 6.17. The van der Waals surface area contributed by atoms with Gasteiger partial charge in [-0.1, -0.05) is 0 Å². The fourth-order valence-electron chi connectivity index (χ4n) is 1.70. The smallest absolute Gasteiger partial charge is 0.259 e. The van der Waals surface area contributed by atoms with Gasteiger partial charge in [-0.3, -0.25) is 9.63 Å². The lowest BCUT2D eigenvalue weighted by molar-refractivity contribution is -0.0765. The number of H-pyrrole nitrogens is 1. The van der Waals surface area contributed by atoms with E-state index in [-0.39, 0.29) is 11.2 Å². The maximum Gasteiger partial charge on any atom is 0.259 e. The summed E-state index contributed by atoms with van der Waals surface area (Å²) < 4.78 is 0.